The molecular formula is C25H33N3O2. The van der Waals surface area contributed by atoms with Crippen LogP contribution in [-0.2, 0) is 4.79 Å². The van der Waals surface area contributed by atoms with Crippen molar-refractivity contribution in [2.24, 2.45) is 0 Å². The number of hydrogen-bond donors (Lipinski definition) is 3. The van der Waals surface area contributed by atoms with Crippen molar-refractivity contribution in [1.29, 1.82) is 0 Å². The van der Waals surface area contributed by atoms with Crippen LogP contribution in [0.5, 0.6) is 0 Å². The van der Waals surface area contributed by atoms with Gasteiger partial charge in [0.25, 0.3) is 0 Å². The van der Waals surface area contributed by atoms with Gasteiger partial charge in [-0.05, 0) is 74.1 Å². The predicted octanol–water partition coefficient (Wildman–Crippen LogP) is 4.82. The minimum atomic E-state index is -0.528. The van der Waals surface area contributed by atoms with E-state index in [4.69, 9.17) is 0 Å². The zero-order chi connectivity index (χ0) is 21.3. The first kappa shape index (κ1) is 20.9. The van der Waals surface area contributed by atoms with Gasteiger partial charge in [0.1, 0.15) is 6.23 Å². The van der Waals surface area contributed by atoms with Gasteiger partial charge in [-0.25, -0.2) is 0 Å². The maximum Gasteiger partial charge on any atom is 0.221 e. The lowest BCUT2D eigenvalue weighted by Crippen LogP contribution is -2.47. The third-order valence-electron chi connectivity index (χ3n) is 6.44. The lowest BCUT2D eigenvalue weighted by molar-refractivity contribution is -0.114. The Morgan fingerprint density at radius 3 is 2.57 bits per heavy atom. The molecule has 0 aromatic heterocycles. The van der Waals surface area contributed by atoms with Crippen LogP contribution in [0.2, 0.25) is 0 Å². The molecule has 3 N–H and O–H groups in total. The van der Waals surface area contributed by atoms with Gasteiger partial charge >= 0.3 is 0 Å². The highest BCUT2D eigenvalue weighted by Gasteiger charge is 2.33. The van der Waals surface area contributed by atoms with Crippen molar-refractivity contribution in [2.45, 2.75) is 77.2 Å². The number of fused-ring (bicyclic) bond motifs is 1. The van der Waals surface area contributed by atoms with E-state index in [9.17, 15) is 9.90 Å². The van der Waals surface area contributed by atoms with E-state index in [0.29, 0.717) is 6.04 Å². The highest BCUT2D eigenvalue weighted by Crippen LogP contribution is 2.41. The number of aliphatic hydroxyl groups excluding tert-OH is 1. The molecule has 1 aliphatic carbocycles. The molecule has 2 aromatic rings. The van der Waals surface area contributed by atoms with Gasteiger partial charge in [-0.1, -0.05) is 31.0 Å². The van der Waals surface area contributed by atoms with Crippen molar-refractivity contribution >= 4 is 17.3 Å². The summed E-state index contributed by atoms with van der Waals surface area (Å²) in [4.78, 5) is 13.6. The molecule has 5 nitrogen and oxygen atoms in total. The average molecular weight is 408 g/mol. The predicted molar refractivity (Wildman–Crippen MR) is 123 cm³/mol. The number of nitrogens with zero attached hydrogens (tertiary/aromatic N) is 1. The molecule has 1 aliphatic heterocycles. The van der Waals surface area contributed by atoms with Crippen LogP contribution >= 0.6 is 0 Å². The standard InChI is InChI=1S/C25H33N3O2/c1-16-13-24(27-21-8-4-5-9-21)23-15-20(11-12-25(23)28(16)18(3)30)19-7-6-10-22(14-19)26-17(2)29/h6-7,10-12,14-16,18,21,24,27,30H,4-5,8-9,13H2,1-3H3,(H,26,29)/t16-,18?,24+/m0/s1. The average Bonchev–Trinajstić information content (AvgIpc) is 3.20. The van der Waals surface area contributed by atoms with Gasteiger partial charge in [-0.15, -0.1) is 0 Å². The largest absolute Gasteiger partial charge is 0.374 e. The Balaban J connectivity index is 1.71. The summed E-state index contributed by atoms with van der Waals surface area (Å²) < 4.78 is 0. The van der Waals surface area contributed by atoms with E-state index in [0.717, 1.165) is 28.9 Å². The normalized spacial score (nSPS) is 22.6. The van der Waals surface area contributed by atoms with Gasteiger partial charge in [0.2, 0.25) is 5.91 Å². The maximum atomic E-state index is 11.4. The fourth-order valence-electron chi connectivity index (χ4n) is 5.15. The highest BCUT2D eigenvalue weighted by molar-refractivity contribution is 5.89. The Morgan fingerprint density at radius 1 is 1.13 bits per heavy atom. The molecule has 5 heteroatoms. The van der Waals surface area contributed by atoms with Crippen molar-refractivity contribution < 1.29 is 9.90 Å². The Kier molecular flexibility index (Phi) is 6.11. The van der Waals surface area contributed by atoms with Crippen LogP contribution < -0.4 is 15.5 Å². The number of rotatable bonds is 5. The summed E-state index contributed by atoms with van der Waals surface area (Å²) in [5.74, 6) is -0.0695. The molecule has 160 valence electrons. The molecular weight excluding hydrogens is 374 g/mol. The molecule has 2 aliphatic rings. The molecule has 1 unspecified atom stereocenters. The summed E-state index contributed by atoms with van der Waals surface area (Å²) in [6, 6.07) is 15.6. The van der Waals surface area contributed by atoms with E-state index >= 15 is 0 Å². The van der Waals surface area contributed by atoms with Crippen molar-refractivity contribution in [3.05, 3.63) is 48.0 Å². The summed E-state index contributed by atoms with van der Waals surface area (Å²) in [5, 5.41) is 17.2. The second-order valence-corrected chi connectivity index (χ2v) is 8.86. The lowest BCUT2D eigenvalue weighted by atomic mass is 9.88. The minimum Gasteiger partial charge on any atom is -0.374 e. The molecule has 1 amide bonds. The van der Waals surface area contributed by atoms with Gasteiger partial charge in [0.15, 0.2) is 0 Å². The Labute approximate surface area is 179 Å². The molecule has 1 saturated carbocycles. The lowest BCUT2D eigenvalue weighted by Gasteiger charge is -2.43. The number of benzene rings is 2. The van der Waals surface area contributed by atoms with Gasteiger partial charge in [-0.3, -0.25) is 4.79 Å². The fraction of sp³-hybridized carbons (Fsp3) is 0.480. The topological polar surface area (TPSA) is 64.6 Å². The molecule has 0 radical (unpaired) electrons. The van der Waals surface area contributed by atoms with Crippen LogP contribution in [-0.4, -0.2) is 29.3 Å². The summed E-state index contributed by atoms with van der Waals surface area (Å²) in [5.41, 5.74) is 5.37. The molecule has 2 aromatic carbocycles. The van der Waals surface area contributed by atoms with Crippen LogP contribution in [0.3, 0.4) is 0 Å². The number of hydrogen-bond acceptors (Lipinski definition) is 4. The molecule has 0 spiro atoms. The summed E-state index contributed by atoms with van der Waals surface area (Å²) in [6.07, 6.45) is 5.56. The Hall–Kier alpha value is -2.37. The SMILES string of the molecule is CC(=O)Nc1cccc(-c2ccc3c(c2)[C@H](NC2CCCC2)C[C@H](C)N3C(C)O)c1. The molecule has 0 bridgehead atoms. The van der Waals surface area contributed by atoms with Gasteiger partial charge in [-0.2, -0.15) is 0 Å². The number of carbonyl (C=O) groups excluding carboxylic acids is 1. The summed E-state index contributed by atoms with van der Waals surface area (Å²) in [6.45, 7) is 5.57. The van der Waals surface area contributed by atoms with E-state index in [2.05, 4.69) is 46.7 Å². The maximum absolute atomic E-state index is 11.4. The first-order valence-corrected chi connectivity index (χ1v) is 11.2. The van der Waals surface area contributed by atoms with Crippen LogP contribution in [0.25, 0.3) is 11.1 Å². The van der Waals surface area contributed by atoms with E-state index in [-0.39, 0.29) is 18.0 Å². The molecule has 1 fully saturated rings. The first-order chi connectivity index (χ1) is 14.4. The number of carbonyl (C=O) groups is 1. The zero-order valence-electron chi connectivity index (χ0n) is 18.2. The van der Waals surface area contributed by atoms with Crippen molar-refractivity contribution in [2.75, 3.05) is 10.2 Å². The van der Waals surface area contributed by atoms with E-state index < -0.39 is 6.23 Å². The third-order valence-corrected chi connectivity index (χ3v) is 6.44. The van der Waals surface area contributed by atoms with E-state index in [1.54, 1.807) is 0 Å². The molecule has 4 rings (SSSR count). The summed E-state index contributed by atoms with van der Waals surface area (Å²) >= 11 is 0. The number of anilines is 2. The molecule has 0 saturated heterocycles. The third kappa shape index (κ3) is 4.37. The number of amides is 1. The van der Waals surface area contributed by atoms with E-state index in [1.807, 2.05) is 25.1 Å². The van der Waals surface area contributed by atoms with Crippen molar-refractivity contribution in [3.63, 3.8) is 0 Å². The van der Waals surface area contributed by atoms with Crippen LogP contribution in [0.15, 0.2) is 42.5 Å². The van der Waals surface area contributed by atoms with Crippen LogP contribution in [0, 0.1) is 0 Å². The smallest absolute Gasteiger partial charge is 0.221 e. The molecule has 30 heavy (non-hydrogen) atoms. The van der Waals surface area contributed by atoms with E-state index in [1.165, 1.54) is 38.2 Å². The summed E-state index contributed by atoms with van der Waals surface area (Å²) in [7, 11) is 0. The Morgan fingerprint density at radius 2 is 1.87 bits per heavy atom. The highest BCUT2D eigenvalue weighted by atomic mass is 16.3. The van der Waals surface area contributed by atoms with Crippen molar-refractivity contribution in [3.8, 4) is 11.1 Å². The van der Waals surface area contributed by atoms with Crippen molar-refractivity contribution in [1.82, 2.24) is 5.32 Å². The zero-order valence-corrected chi connectivity index (χ0v) is 18.2. The van der Waals surface area contributed by atoms with Gasteiger partial charge in [0, 0.05) is 36.4 Å². The fourth-order valence-corrected chi connectivity index (χ4v) is 5.15. The second-order valence-electron chi connectivity index (χ2n) is 8.86. The molecule has 3 atom stereocenters. The quantitative estimate of drug-likeness (QED) is 0.665. The first-order valence-electron chi connectivity index (χ1n) is 11.2. The monoisotopic (exact) mass is 407 g/mol. The number of nitrogens with one attached hydrogen (secondary N) is 2. The number of aliphatic hydroxyl groups is 1. The second kappa shape index (κ2) is 8.78. The molecule has 1 heterocycles. The van der Waals surface area contributed by atoms with Gasteiger partial charge in [0.05, 0.1) is 0 Å². The van der Waals surface area contributed by atoms with Crippen LogP contribution in [0.4, 0.5) is 11.4 Å². The van der Waals surface area contributed by atoms with Crippen LogP contribution in [0.1, 0.15) is 64.5 Å². The Bertz CT molecular complexity index is 905. The van der Waals surface area contributed by atoms with Gasteiger partial charge < -0.3 is 20.6 Å². The minimum absolute atomic E-state index is 0.0695.